The van der Waals surface area contributed by atoms with Crippen molar-refractivity contribution < 1.29 is 4.74 Å². The van der Waals surface area contributed by atoms with Crippen molar-refractivity contribution in [1.82, 2.24) is 0 Å². The maximum absolute atomic E-state index is 5.93. The maximum Gasteiger partial charge on any atom is 0.135 e. The molecular formula is C13H9BrCl2O. The Balaban J connectivity index is 2.12. The van der Waals surface area contributed by atoms with E-state index in [-0.39, 0.29) is 0 Å². The van der Waals surface area contributed by atoms with Gasteiger partial charge in [0.25, 0.3) is 0 Å². The van der Waals surface area contributed by atoms with Gasteiger partial charge in [0.05, 0.1) is 14.5 Å². The molecule has 88 valence electrons. The van der Waals surface area contributed by atoms with Crippen molar-refractivity contribution in [2.24, 2.45) is 0 Å². The van der Waals surface area contributed by atoms with Gasteiger partial charge in [0.15, 0.2) is 0 Å². The Morgan fingerprint density at radius 1 is 1.00 bits per heavy atom. The van der Waals surface area contributed by atoms with Crippen LogP contribution >= 0.6 is 39.1 Å². The maximum atomic E-state index is 5.93. The van der Waals surface area contributed by atoms with E-state index in [2.05, 4.69) is 15.9 Å². The standard InChI is InChI=1S/C13H9BrCl2O/c14-10-6-11(15)12(16)7-13(10)17-8-9-4-2-1-3-5-9/h1-7H,8H2. The topological polar surface area (TPSA) is 9.23 Å². The molecule has 0 N–H and O–H groups in total. The van der Waals surface area contributed by atoms with Gasteiger partial charge in [-0.3, -0.25) is 0 Å². The van der Waals surface area contributed by atoms with Crippen LogP contribution in [0.3, 0.4) is 0 Å². The molecule has 2 rings (SSSR count). The molecule has 0 saturated heterocycles. The fraction of sp³-hybridized carbons (Fsp3) is 0.0769. The SMILES string of the molecule is Clc1cc(Br)c(OCc2ccccc2)cc1Cl. The summed E-state index contributed by atoms with van der Waals surface area (Å²) in [7, 11) is 0. The van der Waals surface area contributed by atoms with Crippen molar-refractivity contribution in [2.45, 2.75) is 6.61 Å². The molecule has 2 aromatic rings. The molecule has 0 radical (unpaired) electrons. The molecule has 0 heterocycles. The first-order valence-electron chi connectivity index (χ1n) is 4.98. The molecule has 0 spiro atoms. The number of hydrogen-bond donors (Lipinski definition) is 0. The summed E-state index contributed by atoms with van der Waals surface area (Å²) < 4.78 is 6.46. The molecule has 0 aliphatic rings. The lowest BCUT2D eigenvalue weighted by atomic mass is 10.2. The van der Waals surface area contributed by atoms with E-state index in [1.165, 1.54) is 0 Å². The van der Waals surface area contributed by atoms with Crippen LogP contribution in [0.5, 0.6) is 5.75 Å². The molecule has 0 atom stereocenters. The minimum absolute atomic E-state index is 0.484. The minimum atomic E-state index is 0.484. The number of rotatable bonds is 3. The molecule has 1 nitrogen and oxygen atoms in total. The van der Waals surface area contributed by atoms with Crippen LogP contribution in [0.25, 0.3) is 0 Å². The van der Waals surface area contributed by atoms with Crippen molar-refractivity contribution in [3.63, 3.8) is 0 Å². The highest BCUT2D eigenvalue weighted by Gasteiger charge is 2.06. The third-order valence-corrected chi connectivity index (χ3v) is 3.55. The minimum Gasteiger partial charge on any atom is -0.488 e. The summed E-state index contributed by atoms with van der Waals surface area (Å²) in [6.45, 7) is 0.497. The first kappa shape index (κ1) is 12.7. The Labute approximate surface area is 118 Å². The summed E-state index contributed by atoms with van der Waals surface area (Å²) in [6, 6.07) is 13.4. The molecule has 0 aliphatic carbocycles. The summed E-state index contributed by atoms with van der Waals surface area (Å²) in [5.74, 6) is 0.684. The van der Waals surface area contributed by atoms with Crippen LogP contribution in [0.4, 0.5) is 0 Å². The lowest BCUT2D eigenvalue weighted by molar-refractivity contribution is 0.304. The van der Waals surface area contributed by atoms with E-state index in [0.717, 1.165) is 10.0 Å². The molecule has 0 fully saturated rings. The van der Waals surface area contributed by atoms with Gasteiger partial charge >= 0.3 is 0 Å². The third-order valence-electron chi connectivity index (χ3n) is 2.21. The van der Waals surface area contributed by atoms with Gasteiger partial charge in [0, 0.05) is 6.07 Å². The number of ether oxygens (including phenoxy) is 1. The van der Waals surface area contributed by atoms with Crippen LogP contribution in [0.2, 0.25) is 10.0 Å². The van der Waals surface area contributed by atoms with E-state index in [1.807, 2.05) is 30.3 Å². The second kappa shape index (κ2) is 5.76. The fourth-order valence-electron chi connectivity index (χ4n) is 1.35. The molecule has 0 aromatic heterocycles. The Morgan fingerprint density at radius 3 is 2.35 bits per heavy atom. The summed E-state index contributed by atoms with van der Waals surface area (Å²) in [4.78, 5) is 0. The van der Waals surface area contributed by atoms with Crippen LogP contribution in [0.1, 0.15) is 5.56 Å². The van der Waals surface area contributed by atoms with Gasteiger partial charge < -0.3 is 4.74 Å². The number of halogens is 3. The van der Waals surface area contributed by atoms with Gasteiger partial charge in [-0.1, -0.05) is 53.5 Å². The average Bonchev–Trinajstić information content (AvgIpc) is 2.33. The van der Waals surface area contributed by atoms with E-state index < -0.39 is 0 Å². The number of hydrogen-bond acceptors (Lipinski definition) is 1. The Kier molecular flexibility index (Phi) is 4.32. The van der Waals surface area contributed by atoms with Crippen LogP contribution in [0, 0.1) is 0 Å². The molecule has 0 saturated carbocycles. The number of benzene rings is 2. The first-order chi connectivity index (χ1) is 8.16. The zero-order chi connectivity index (χ0) is 12.3. The Hall–Kier alpha value is -0.700. The third kappa shape index (κ3) is 3.38. The zero-order valence-electron chi connectivity index (χ0n) is 8.79. The fourth-order valence-corrected chi connectivity index (χ4v) is 2.26. The van der Waals surface area contributed by atoms with Crippen molar-refractivity contribution in [2.75, 3.05) is 0 Å². The van der Waals surface area contributed by atoms with E-state index in [0.29, 0.717) is 22.4 Å². The second-order valence-corrected chi connectivity index (χ2v) is 5.14. The van der Waals surface area contributed by atoms with Crippen molar-refractivity contribution in [3.05, 3.63) is 62.5 Å². The average molecular weight is 332 g/mol. The molecule has 0 aliphatic heterocycles. The molecule has 4 heteroatoms. The summed E-state index contributed by atoms with van der Waals surface area (Å²) in [5, 5.41) is 0.989. The molecule has 0 unspecified atom stereocenters. The van der Waals surface area contributed by atoms with Gasteiger partial charge in [-0.05, 0) is 27.6 Å². The van der Waals surface area contributed by atoms with E-state index in [9.17, 15) is 0 Å². The van der Waals surface area contributed by atoms with Gasteiger partial charge in [-0.15, -0.1) is 0 Å². The van der Waals surface area contributed by atoms with E-state index in [4.69, 9.17) is 27.9 Å². The van der Waals surface area contributed by atoms with Crippen LogP contribution in [-0.2, 0) is 6.61 Å². The molecule has 0 amide bonds. The highest BCUT2D eigenvalue weighted by atomic mass is 79.9. The lowest BCUT2D eigenvalue weighted by Gasteiger charge is -2.09. The smallest absolute Gasteiger partial charge is 0.135 e. The van der Waals surface area contributed by atoms with Gasteiger partial charge in [0.1, 0.15) is 12.4 Å². The Bertz CT molecular complexity index is 514. The molecular weight excluding hydrogens is 323 g/mol. The first-order valence-corrected chi connectivity index (χ1v) is 6.53. The predicted molar refractivity (Wildman–Crippen MR) is 74.9 cm³/mol. The van der Waals surface area contributed by atoms with Crippen LogP contribution < -0.4 is 4.74 Å². The zero-order valence-corrected chi connectivity index (χ0v) is 11.9. The monoisotopic (exact) mass is 330 g/mol. The van der Waals surface area contributed by atoms with Crippen LogP contribution in [0.15, 0.2) is 46.9 Å². The van der Waals surface area contributed by atoms with Crippen molar-refractivity contribution >= 4 is 39.1 Å². The van der Waals surface area contributed by atoms with Crippen molar-refractivity contribution in [3.8, 4) is 5.75 Å². The Morgan fingerprint density at radius 2 is 1.65 bits per heavy atom. The second-order valence-electron chi connectivity index (χ2n) is 3.47. The highest BCUT2D eigenvalue weighted by Crippen LogP contribution is 2.34. The summed E-state index contributed by atoms with van der Waals surface area (Å²) in [6.07, 6.45) is 0. The van der Waals surface area contributed by atoms with Crippen molar-refractivity contribution in [1.29, 1.82) is 0 Å². The predicted octanol–water partition coefficient (Wildman–Crippen LogP) is 5.33. The van der Waals surface area contributed by atoms with Gasteiger partial charge in [-0.25, -0.2) is 0 Å². The quantitative estimate of drug-likeness (QED) is 0.690. The molecule has 2 aromatic carbocycles. The normalized spacial score (nSPS) is 10.3. The molecule has 0 bridgehead atoms. The summed E-state index contributed by atoms with van der Waals surface area (Å²) >= 11 is 15.2. The van der Waals surface area contributed by atoms with Crippen LogP contribution in [-0.4, -0.2) is 0 Å². The van der Waals surface area contributed by atoms with E-state index >= 15 is 0 Å². The van der Waals surface area contributed by atoms with Gasteiger partial charge in [0.2, 0.25) is 0 Å². The van der Waals surface area contributed by atoms with Gasteiger partial charge in [-0.2, -0.15) is 0 Å². The van der Waals surface area contributed by atoms with E-state index in [1.54, 1.807) is 12.1 Å². The summed E-state index contributed by atoms with van der Waals surface area (Å²) in [5.41, 5.74) is 1.10. The highest BCUT2D eigenvalue weighted by molar-refractivity contribution is 9.10. The largest absolute Gasteiger partial charge is 0.488 e. The lowest BCUT2D eigenvalue weighted by Crippen LogP contribution is -1.95. The molecule has 17 heavy (non-hydrogen) atoms.